The fourth-order valence-corrected chi connectivity index (χ4v) is 8.64. The summed E-state index contributed by atoms with van der Waals surface area (Å²) in [5.41, 5.74) is 0. The number of unbranched alkanes of at least 4 members (excludes halogenated alkanes) is 28. The number of carbonyl (C=O) groups excluding carboxylic acids is 2. The predicted octanol–water partition coefficient (Wildman–Crippen LogP) is 12.5. The molecule has 11 nitrogen and oxygen atoms in total. The van der Waals surface area contributed by atoms with E-state index in [4.69, 9.17) is 14.2 Å². The van der Waals surface area contributed by atoms with E-state index in [0.717, 1.165) is 83.5 Å². The summed E-state index contributed by atoms with van der Waals surface area (Å²) in [4.78, 5) is 26.4. The molecule has 1 amide bonds. The molecular weight excluding hydrogens is 871 g/mol. The molecular formula is C58H105NO10. The second-order valence-electron chi connectivity index (χ2n) is 19.7. The summed E-state index contributed by atoms with van der Waals surface area (Å²) < 4.78 is 17.5. The highest BCUT2D eigenvalue weighted by molar-refractivity contribution is 5.80. The van der Waals surface area contributed by atoms with Crippen LogP contribution in [0.2, 0.25) is 0 Å². The Labute approximate surface area is 421 Å². The largest absolute Gasteiger partial charge is 0.454 e. The molecule has 6 N–H and O–H groups in total. The molecule has 1 aliphatic rings. The third kappa shape index (κ3) is 35.4. The fourth-order valence-electron chi connectivity index (χ4n) is 8.64. The topological polar surface area (TPSA) is 175 Å². The maximum Gasteiger partial charge on any atom is 0.306 e. The predicted molar refractivity (Wildman–Crippen MR) is 283 cm³/mol. The lowest BCUT2D eigenvalue weighted by atomic mass is 9.99. The summed E-state index contributed by atoms with van der Waals surface area (Å²) in [7, 11) is 0. The number of carbonyl (C=O) groups is 2. The van der Waals surface area contributed by atoms with Crippen molar-refractivity contribution < 1.29 is 49.3 Å². The minimum atomic E-state index is -1.62. The van der Waals surface area contributed by atoms with Gasteiger partial charge < -0.3 is 45.1 Å². The third-order valence-electron chi connectivity index (χ3n) is 13.2. The molecule has 0 aromatic rings. The number of aliphatic hydroxyl groups excluding tert-OH is 5. The van der Waals surface area contributed by atoms with E-state index in [1.807, 2.05) is 6.08 Å². The Balaban J connectivity index is 2.76. The van der Waals surface area contributed by atoms with Gasteiger partial charge in [0.15, 0.2) is 12.4 Å². The van der Waals surface area contributed by atoms with Crippen LogP contribution in [0.4, 0.5) is 0 Å². The molecule has 1 aliphatic heterocycles. The van der Waals surface area contributed by atoms with Crippen molar-refractivity contribution in [1.29, 1.82) is 0 Å². The highest BCUT2D eigenvalue weighted by atomic mass is 16.7. The van der Waals surface area contributed by atoms with Crippen molar-refractivity contribution >= 4 is 11.9 Å². The van der Waals surface area contributed by atoms with E-state index < -0.39 is 67.4 Å². The first-order chi connectivity index (χ1) is 33.7. The number of hydrogen-bond acceptors (Lipinski definition) is 10. The monoisotopic (exact) mass is 976 g/mol. The number of allylic oxidation sites excluding steroid dienone is 7. The average molecular weight is 976 g/mol. The van der Waals surface area contributed by atoms with Crippen LogP contribution < -0.4 is 5.32 Å². The highest BCUT2D eigenvalue weighted by Gasteiger charge is 2.47. The molecule has 0 aliphatic carbocycles. The van der Waals surface area contributed by atoms with Crippen molar-refractivity contribution in [2.45, 2.75) is 294 Å². The van der Waals surface area contributed by atoms with Crippen molar-refractivity contribution in [3.63, 3.8) is 0 Å². The molecule has 0 aromatic heterocycles. The van der Waals surface area contributed by atoms with Crippen LogP contribution in [0.3, 0.4) is 0 Å². The molecule has 1 rings (SSSR count). The molecule has 0 spiro atoms. The van der Waals surface area contributed by atoms with Gasteiger partial charge in [-0.1, -0.05) is 211 Å². The van der Waals surface area contributed by atoms with Gasteiger partial charge in [-0.15, -0.1) is 0 Å². The number of aliphatic hydroxyl groups is 5. The summed E-state index contributed by atoms with van der Waals surface area (Å²) in [6.45, 7) is 5.72. The van der Waals surface area contributed by atoms with Gasteiger partial charge in [0.05, 0.1) is 25.4 Å². The number of ether oxygens (including phenoxy) is 3. The molecule has 8 unspecified atom stereocenters. The van der Waals surface area contributed by atoms with Crippen molar-refractivity contribution in [1.82, 2.24) is 5.32 Å². The van der Waals surface area contributed by atoms with Gasteiger partial charge in [0.25, 0.3) is 0 Å². The maximum absolute atomic E-state index is 13.3. The van der Waals surface area contributed by atoms with Crippen LogP contribution in [0, 0.1) is 0 Å². The minimum Gasteiger partial charge on any atom is -0.454 e. The van der Waals surface area contributed by atoms with Crippen molar-refractivity contribution in [3.8, 4) is 0 Å². The molecule has 0 radical (unpaired) electrons. The van der Waals surface area contributed by atoms with Crippen molar-refractivity contribution in [2.24, 2.45) is 0 Å². The number of hydrogen-bond donors (Lipinski definition) is 6. The molecule has 402 valence electrons. The lowest BCUT2D eigenvalue weighted by Gasteiger charge is -2.41. The van der Waals surface area contributed by atoms with Gasteiger partial charge in [-0.05, 0) is 77.0 Å². The van der Waals surface area contributed by atoms with Crippen LogP contribution in [-0.4, -0.2) is 99.6 Å². The van der Waals surface area contributed by atoms with Crippen molar-refractivity contribution in [3.05, 3.63) is 48.6 Å². The van der Waals surface area contributed by atoms with Crippen LogP contribution in [0.15, 0.2) is 48.6 Å². The second-order valence-corrected chi connectivity index (χ2v) is 19.7. The summed E-state index contributed by atoms with van der Waals surface area (Å²) in [6, 6.07) is -1.03. The first-order valence-electron chi connectivity index (χ1n) is 28.4. The Morgan fingerprint density at radius 1 is 0.565 bits per heavy atom. The maximum atomic E-state index is 13.3. The zero-order chi connectivity index (χ0) is 50.4. The molecule has 11 heteroatoms. The second kappa shape index (κ2) is 46.7. The molecule has 0 saturated carbocycles. The SMILES string of the molecule is CCCCC/C=C/C=C/CCCCCCCCC(=O)OC1C(OCC(NC(=O)C(O)CCCC/C=C\CCCCCCCCC)C(O)/C=C/CCCCCCCCCCCC)OC(CO)C(O)C1O. The molecule has 1 fully saturated rings. The van der Waals surface area contributed by atoms with E-state index in [1.54, 1.807) is 6.08 Å². The van der Waals surface area contributed by atoms with Gasteiger partial charge >= 0.3 is 5.97 Å². The van der Waals surface area contributed by atoms with E-state index in [2.05, 4.69) is 62.5 Å². The summed E-state index contributed by atoms with van der Waals surface area (Å²) >= 11 is 0. The number of amides is 1. The first-order valence-corrected chi connectivity index (χ1v) is 28.4. The Bertz CT molecular complexity index is 1300. The smallest absolute Gasteiger partial charge is 0.306 e. The number of nitrogens with one attached hydrogen (secondary N) is 1. The van der Waals surface area contributed by atoms with E-state index >= 15 is 0 Å². The van der Waals surface area contributed by atoms with Crippen LogP contribution in [0.25, 0.3) is 0 Å². The fraction of sp³-hybridized carbons (Fsp3) is 0.828. The van der Waals surface area contributed by atoms with Crippen LogP contribution in [0.1, 0.15) is 245 Å². The zero-order valence-electron chi connectivity index (χ0n) is 44.2. The molecule has 0 aromatic carbocycles. The Hall–Kier alpha value is -2.38. The summed E-state index contributed by atoms with van der Waals surface area (Å²) in [5.74, 6) is -1.22. The van der Waals surface area contributed by atoms with Crippen LogP contribution in [0.5, 0.6) is 0 Å². The number of esters is 1. The van der Waals surface area contributed by atoms with Gasteiger partial charge in [0.2, 0.25) is 5.91 Å². The zero-order valence-corrected chi connectivity index (χ0v) is 44.2. The van der Waals surface area contributed by atoms with Gasteiger partial charge in [0.1, 0.15) is 24.4 Å². The first kappa shape index (κ1) is 64.6. The van der Waals surface area contributed by atoms with Gasteiger partial charge in [-0.3, -0.25) is 9.59 Å². The third-order valence-corrected chi connectivity index (χ3v) is 13.2. The molecule has 8 atom stereocenters. The average Bonchev–Trinajstić information content (AvgIpc) is 3.34. The molecule has 1 heterocycles. The Kier molecular flexibility index (Phi) is 43.7. The molecule has 1 saturated heterocycles. The van der Waals surface area contributed by atoms with E-state index in [1.165, 1.54) is 116 Å². The van der Waals surface area contributed by atoms with E-state index in [9.17, 15) is 35.1 Å². The summed E-state index contributed by atoms with van der Waals surface area (Å²) in [6.07, 6.45) is 44.4. The van der Waals surface area contributed by atoms with Gasteiger partial charge in [-0.2, -0.15) is 0 Å². The standard InChI is InChI=1S/C58H105NO10/c1-4-7-10-13-16-19-22-25-26-28-31-34-37-40-43-46-53(63)69-56-55(65)54(64)52(47-60)68-58(56)67-48-49(50(61)44-41-38-35-32-29-24-21-18-15-12-9-6-3)59-57(66)51(62)45-42-39-36-33-30-27-23-20-17-14-11-8-5-2/h16,19,22,25,30,33,41,44,49-52,54-56,58,60-62,64-65H,4-15,17-18,20-21,23-24,26-29,31-32,34-40,42-43,45-48H2,1-3H3,(H,59,66)/b19-16+,25-22+,33-30-,44-41+. The molecule has 69 heavy (non-hydrogen) atoms. The van der Waals surface area contributed by atoms with Gasteiger partial charge in [-0.25, -0.2) is 0 Å². The lowest BCUT2D eigenvalue weighted by Crippen LogP contribution is -2.61. The van der Waals surface area contributed by atoms with Gasteiger partial charge in [0, 0.05) is 6.42 Å². The quantitative estimate of drug-likeness (QED) is 0.0149. The van der Waals surface area contributed by atoms with E-state index in [-0.39, 0.29) is 19.4 Å². The van der Waals surface area contributed by atoms with Crippen LogP contribution >= 0.6 is 0 Å². The van der Waals surface area contributed by atoms with E-state index in [0.29, 0.717) is 12.8 Å². The Morgan fingerprint density at radius 3 is 1.52 bits per heavy atom. The van der Waals surface area contributed by atoms with Crippen LogP contribution in [-0.2, 0) is 23.8 Å². The lowest BCUT2D eigenvalue weighted by molar-refractivity contribution is -0.305. The minimum absolute atomic E-state index is 0.109. The highest BCUT2D eigenvalue weighted by Crippen LogP contribution is 2.26. The summed E-state index contributed by atoms with van der Waals surface area (Å²) in [5, 5.41) is 56.7. The normalized spacial score (nSPS) is 20.1. The molecule has 0 bridgehead atoms. The van der Waals surface area contributed by atoms with Crippen molar-refractivity contribution in [2.75, 3.05) is 13.2 Å². The Morgan fingerprint density at radius 2 is 1.00 bits per heavy atom. The number of rotatable bonds is 47.